The molecule has 2 rings (SSSR count). The molecular formula is C17H19FN2O4S. The molecule has 134 valence electrons. The van der Waals surface area contributed by atoms with Crippen molar-refractivity contribution in [3.63, 3.8) is 0 Å². The van der Waals surface area contributed by atoms with Gasteiger partial charge in [0.25, 0.3) is 0 Å². The molecule has 0 spiro atoms. The number of amides is 1. The van der Waals surface area contributed by atoms with Crippen LogP contribution in [0.25, 0.3) is 0 Å². The highest BCUT2D eigenvalue weighted by molar-refractivity contribution is 7.89. The van der Waals surface area contributed by atoms with Crippen molar-refractivity contribution in [1.82, 2.24) is 4.31 Å². The number of sulfonamides is 1. The predicted octanol–water partition coefficient (Wildman–Crippen LogP) is 2.40. The van der Waals surface area contributed by atoms with E-state index >= 15 is 0 Å². The molecule has 0 fully saturated rings. The molecule has 0 aliphatic carbocycles. The molecule has 8 heteroatoms. The molecule has 0 saturated heterocycles. The Morgan fingerprint density at radius 2 is 1.84 bits per heavy atom. The summed E-state index contributed by atoms with van der Waals surface area (Å²) in [5.74, 6) is -1.21. The summed E-state index contributed by atoms with van der Waals surface area (Å²) in [7, 11) is -1.56. The van der Waals surface area contributed by atoms with Gasteiger partial charge in [-0.25, -0.2) is 12.8 Å². The summed E-state index contributed by atoms with van der Waals surface area (Å²) >= 11 is 0. The lowest BCUT2D eigenvalue weighted by Crippen LogP contribution is -2.35. The van der Waals surface area contributed by atoms with Crippen molar-refractivity contribution in [1.29, 1.82) is 0 Å². The van der Waals surface area contributed by atoms with E-state index in [9.17, 15) is 17.6 Å². The molecule has 0 unspecified atom stereocenters. The maximum absolute atomic E-state index is 13.4. The van der Waals surface area contributed by atoms with E-state index in [0.29, 0.717) is 5.69 Å². The Hall–Kier alpha value is -2.45. The molecule has 25 heavy (non-hydrogen) atoms. The maximum atomic E-state index is 13.4. The number of aryl methyl sites for hydroxylation is 1. The largest absolute Gasteiger partial charge is 0.495 e. The van der Waals surface area contributed by atoms with Crippen molar-refractivity contribution in [2.45, 2.75) is 11.8 Å². The number of ether oxygens (including phenoxy) is 1. The number of nitrogens with one attached hydrogen (secondary N) is 1. The van der Waals surface area contributed by atoms with Gasteiger partial charge in [0.2, 0.25) is 15.9 Å². The number of anilines is 1. The number of methoxy groups -OCH3 is 1. The average molecular weight is 366 g/mol. The van der Waals surface area contributed by atoms with Crippen LogP contribution in [0.2, 0.25) is 0 Å². The molecule has 1 amide bonds. The Kier molecular flexibility index (Phi) is 5.76. The van der Waals surface area contributed by atoms with Crippen molar-refractivity contribution in [3.05, 3.63) is 53.8 Å². The summed E-state index contributed by atoms with van der Waals surface area (Å²) in [6.07, 6.45) is 0. The second kappa shape index (κ2) is 7.62. The average Bonchev–Trinajstić information content (AvgIpc) is 2.56. The fraction of sp³-hybridized carbons (Fsp3) is 0.235. The van der Waals surface area contributed by atoms with Crippen LogP contribution in [0.4, 0.5) is 10.1 Å². The number of hydrogen-bond donors (Lipinski definition) is 1. The number of halogens is 1. The van der Waals surface area contributed by atoms with Crippen LogP contribution in [0.1, 0.15) is 5.56 Å². The summed E-state index contributed by atoms with van der Waals surface area (Å²) in [4.78, 5) is 11.8. The Labute approximate surface area is 146 Å². The summed E-state index contributed by atoms with van der Waals surface area (Å²) in [5.41, 5.74) is 1.60. The molecule has 0 aliphatic heterocycles. The monoisotopic (exact) mass is 366 g/mol. The minimum absolute atomic E-state index is 0.00666. The van der Waals surface area contributed by atoms with Crippen LogP contribution in [-0.2, 0) is 14.8 Å². The minimum Gasteiger partial charge on any atom is -0.495 e. The van der Waals surface area contributed by atoms with Gasteiger partial charge in [-0.15, -0.1) is 0 Å². The van der Waals surface area contributed by atoms with Gasteiger partial charge in [-0.05, 0) is 37.3 Å². The number of benzene rings is 2. The molecule has 0 aromatic heterocycles. The van der Waals surface area contributed by atoms with E-state index < -0.39 is 28.3 Å². The van der Waals surface area contributed by atoms with Crippen LogP contribution in [-0.4, -0.2) is 39.3 Å². The Morgan fingerprint density at radius 3 is 2.44 bits per heavy atom. The van der Waals surface area contributed by atoms with E-state index in [4.69, 9.17) is 4.74 Å². The Balaban J connectivity index is 2.16. The highest BCUT2D eigenvalue weighted by Gasteiger charge is 2.27. The van der Waals surface area contributed by atoms with Crippen LogP contribution in [0, 0.1) is 12.7 Å². The third-order valence-electron chi connectivity index (χ3n) is 3.52. The topological polar surface area (TPSA) is 75.7 Å². The fourth-order valence-corrected chi connectivity index (χ4v) is 3.43. The molecular weight excluding hydrogens is 347 g/mol. The summed E-state index contributed by atoms with van der Waals surface area (Å²) in [6, 6.07) is 10.3. The van der Waals surface area contributed by atoms with Crippen molar-refractivity contribution in [3.8, 4) is 5.75 Å². The Bertz CT molecular complexity index is 867. The van der Waals surface area contributed by atoms with E-state index in [0.717, 1.165) is 22.0 Å². The SMILES string of the molecule is COc1ccc(F)cc1S(=O)(=O)N(C)CC(=O)Nc1ccc(C)cc1. The molecule has 0 bridgehead atoms. The molecule has 0 radical (unpaired) electrons. The highest BCUT2D eigenvalue weighted by Crippen LogP contribution is 2.26. The van der Waals surface area contributed by atoms with E-state index in [1.54, 1.807) is 12.1 Å². The van der Waals surface area contributed by atoms with Crippen molar-refractivity contribution in [2.24, 2.45) is 0 Å². The number of carbonyl (C=O) groups is 1. The number of likely N-dealkylation sites (N-methyl/N-ethyl adjacent to an activating group) is 1. The fourth-order valence-electron chi connectivity index (χ4n) is 2.14. The smallest absolute Gasteiger partial charge is 0.247 e. The van der Waals surface area contributed by atoms with E-state index in [2.05, 4.69) is 5.32 Å². The number of carbonyl (C=O) groups excluding carboxylic acids is 1. The molecule has 0 atom stereocenters. The lowest BCUT2D eigenvalue weighted by atomic mass is 10.2. The van der Waals surface area contributed by atoms with Gasteiger partial charge in [0.15, 0.2) is 0 Å². The van der Waals surface area contributed by atoms with Gasteiger partial charge < -0.3 is 10.1 Å². The molecule has 0 aliphatic rings. The van der Waals surface area contributed by atoms with Crippen LogP contribution in [0.5, 0.6) is 5.75 Å². The van der Waals surface area contributed by atoms with E-state index in [1.807, 2.05) is 19.1 Å². The lowest BCUT2D eigenvalue weighted by molar-refractivity contribution is -0.116. The first-order valence-electron chi connectivity index (χ1n) is 7.40. The van der Waals surface area contributed by atoms with Gasteiger partial charge in [0, 0.05) is 12.7 Å². The summed E-state index contributed by atoms with van der Waals surface area (Å²) < 4.78 is 44.5. The van der Waals surface area contributed by atoms with Gasteiger partial charge in [-0.1, -0.05) is 17.7 Å². The molecule has 0 saturated carbocycles. The van der Waals surface area contributed by atoms with Gasteiger partial charge in [0.1, 0.15) is 16.5 Å². The second-order valence-corrected chi connectivity index (χ2v) is 7.48. The van der Waals surface area contributed by atoms with Crippen molar-refractivity contribution < 1.29 is 22.3 Å². The third-order valence-corrected chi connectivity index (χ3v) is 5.34. The molecule has 0 heterocycles. The number of nitrogens with zero attached hydrogens (tertiary/aromatic N) is 1. The second-order valence-electron chi connectivity index (χ2n) is 5.47. The van der Waals surface area contributed by atoms with Gasteiger partial charge in [0.05, 0.1) is 13.7 Å². The van der Waals surface area contributed by atoms with Crippen LogP contribution < -0.4 is 10.1 Å². The molecule has 1 N–H and O–H groups in total. The van der Waals surface area contributed by atoms with Crippen LogP contribution >= 0.6 is 0 Å². The standard InChI is InChI=1S/C17H19FN2O4S/c1-12-4-7-14(8-5-12)19-17(21)11-20(2)25(22,23)16-10-13(18)6-9-15(16)24-3/h4-10H,11H2,1-3H3,(H,19,21). The minimum atomic E-state index is -4.09. The maximum Gasteiger partial charge on any atom is 0.247 e. The van der Waals surface area contributed by atoms with E-state index in [1.165, 1.54) is 20.2 Å². The number of hydrogen-bond acceptors (Lipinski definition) is 4. The first-order valence-corrected chi connectivity index (χ1v) is 8.84. The predicted molar refractivity (Wildman–Crippen MR) is 92.6 cm³/mol. The first kappa shape index (κ1) is 18.9. The highest BCUT2D eigenvalue weighted by atomic mass is 32.2. The summed E-state index contributed by atoms with van der Waals surface area (Å²) in [5, 5.41) is 2.61. The zero-order valence-corrected chi connectivity index (χ0v) is 14.9. The van der Waals surface area contributed by atoms with Crippen molar-refractivity contribution in [2.75, 3.05) is 26.0 Å². The van der Waals surface area contributed by atoms with E-state index in [-0.39, 0.29) is 10.6 Å². The molecule has 2 aromatic rings. The third kappa shape index (κ3) is 4.55. The lowest BCUT2D eigenvalue weighted by Gasteiger charge is -2.18. The van der Waals surface area contributed by atoms with Gasteiger partial charge >= 0.3 is 0 Å². The zero-order valence-electron chi connectivity index (χ0n) is 14.1. The quantitative estimate of drug-likeness (QED) is 0.852. The first-order chi connectivity index (χ1) is 11.7. The normalized spacial score (nSPS) is 11.4. The molecule has 6 nitrogen and oxygen atoms in total. The van der Waals surface area contributed by atoms with Gasteiger partial charge in [-0.3, -0.25) is 4.79 Å². The Morgan fingerprint density at radius 1 is 1.20 bits per heavy atom. The van der Waals surface area contributed by atoms with Crippen molar-refractivity contribution >= 4 is 21.6 Å². The van der Waals surface area contributed by atoms with Crippen LogP contribution in [0.15, 0.2) is 47.4 Å². The van der Waals surface area contributed by atoms with Crippen LogP contribution in [0.3, 0.4) is 0 Å². The summed E-state index contributed by atoms with van der Waals surface area (Å²) in [6.45, 7) is 1.49. The van der Waals surface area contributed by atoms with Gasteiger partial charge in [-0.2, -0.15) is 4.31 Å². The zero-order chi connectivity index (χ0) is 18.6. The number of rotatable bonds is 6. The molecule has 2 aromatic carbocycles.